The van der Waals surface area contributed by atoms with Gasteiger partial charge in [0.2, 0.25) is 5.91 Å². The molecule has 0 spiro atoms. The number of carbonyl (C=O) groups excluding carboxylic acids is 3. The zero-order chi connectivity index (χ0) is 21.2. The van der Waals surface area contributed by atoms with Crippen molar-refractivity contribution in [1.82, 2.24) is 10.6 Å². The molecule has 2 rings (SSSR count). The number of nitrogens with zero attached hydrogens (tertiary/aromatic N) is 1. The van der Waals surface area contributed by atoms with Gasteiger partial charge in [-0.2, -0.15) is 0 Å². The van der Waals surface area contributed by atoms with Crippen LogP contribution >= 0.6 is 0 Å². The lowest BCUT2D eigenvalue weighted by Gasteiger charge is -2.17. The highest BCUT2D eigenvalue weighted by atomic mass is 16.5. The van der Waals surface area contributed by atoms with Crippen LogP contribution in [0.4, 0.5) is 5.69 Å². The topological polar surface area (TPSA) is 87.7 Å². The van der Waals surface area contributed by atoms with Crippen molar-refractivity contribution in [2.24, 2.45) is 0 Å². The Bertz CT molecular complexity index is 820. The Kier molecular flexibility index (Phi) is 8.21. The number of carbonyl (C=O) groups is 3. The first-order valence-corrected chi connectivity index (χ1v) is 9.36. The fourth-order valence-corrected chi connectivity index (χ4v) is 2.72. The smallest absolute Gasteiger partial charge is 0.308 e. The second kappa shape index (κ2) is 10.8. The minimum absolute atomic E-state index is 0.0527. The van der Waals surface area contributed by atoms with Crippen LogP contribution in [0.2, 0.25) is 0 Å². The molecule has 0 bridgehead atoms. The van der Waals surface area contributed by atoms with Gasteiger partial charge in [0.25, 0.3) is 5.91 Å². The molecule has 0 heterocycles. The maximum absolute atomic E-state index is 12.1. The van der Waals surface area contributed by atoms with Gasteiger partial charge in [-0.15, -0.1) is 0 Å². The molecule has 0 fully saturated rings. The van der Waals surface area contributed by atoms with Gasteiger partial charge in [0.1, 0.15) is 0 Å². The molecule has 0 aliphatic rings. The quantitative estimate of drug-likeness (QED) is 0.634. The second-order valence-electron chi connectivity index (χ2n) is 6.87. The number of anilines is 1. The number of esters is 1. The van der Waals surface area contributed by atoms with Crippen LogP contribution in [0.25, 0.3) is 0 Å². The standard InChI is InChI=1S/C22H27N3O4/c1-16(26)24-20(18-7-5-4-6-8-18)13-22(28)29-15-21(27)23-14-17-9-11-19(12-10-17)25(2)3/h4-12,20H,13-15H2,1-3H3,(H,23,27)(H,24,26)/t20-/m1/s1. The predicted molar refractivity (Wildman–Crippen MR) is 111 cm³/mol. The molecule has 154 valence electrons. The van der Waals surface area contributed by atoms with Crippen LogP contribution in [0.5, 0.6) is 0 Å². The molecule has 0 unspecified atom stereocenters. The molecule has 0 aliphatic carbocycles. The van der Waals surface area contributed by atoms with E-state index in [1.54, 1.807) is 0 Å². The predicted octanol–water partition coefficient (Wildman–Crippen LogP) is 2.18. The summed E-state index contributed by atoms with van der Waals surface area (Å²) in [5.41, 5.74) is 2.82. The van der Waals surface area contributed by atoms with Crippen LogP contribution in [0, 0.1) is 0 Å². The Morgan fingerprint density at radius 1 is 1.00 bits per heavy atom. The average molecular weight is 397 g/mol. The molecule has 0 aromatic heterocycles. The van der Waals surface area contributed by atoms with Gasteiger partial charge >= 0.3 is 5.97 Å². The molecule has 2 amide bonds. The summed E-state index contributed by atoms with van der Waals surface area (Å²) in [4.78, 5) is 37.5. The fraction of sp³-hybridized carbons (Fsp3) is 0.318. The summed E-state index contributed by atoms with van der Waals surface area (Å²) in [5.74, 6) is -1.19. The van der Waals surface area contributed by atoms with E-state index in [1.807, 2.05) is 73.6 Å². The van der Waals surface area contributed by atoms with Gasteiger partial charge in [-0.05, 0) is 23.3 Å². The number of rotatable bonds is 9. The van der Waals surface area contributed by atoms with E-state index in [0.717, 1.165) is 16.8 Å². The highest BCUT2D eigenvalue weighted by Crippen LogP contribution is 2.17. The lowest BCUT2D eigenvalue weighted by molar-refractivity contribution is -0.149. The largest absolute Gasteiger partial charge is 0.456 e. The van der Waals surface area contributed by atoms with Gasteiger partial charge in [0.15, 0.2) is 6.61 Å². The Morgan fingerprint density at radius 3 is 2.24 bits per heavy atom. The molecule has 29 heavy (non-hydrogen) atoms. The summed E-state index contributed by atoms with van der Waals surface area (Å²) >= 11 is 0. The zero-order valence-corrected chi connectivity index (χ0v) is 17.0. The van der Waals surface area contributed by atoms with Gasteiger partial charge < -0.3 is 20.3 Å². The normalized spacial score (nSPS) is 11.3. The minimum Gasteiger partial charge on any atom is -0.456 e. The average Bonchev–Trinajstić information content (AvgIpc) is 2.71. The van der Waals surface area contributed by atoms with Crippen LogP contribution in [0.1, 0.15) is 30.5 Å². The molecule has 0 aliphatic heterocycles. The van der Waals surface area contributed by atoms with E-state index in [1.165, 1.54) is 6.92 Å². The third kappa shape index (κ3) is 7.65. The van der Waals surface area contributed by atoms with Gasteiger partial charge in [0.05, 0.1) is 12.5 Å². The van der Waals surface area contributed by atoms with E-state index < -0.39 is 12.0 Å². The van der Waals surface area contributed by atoms with Gasteiger partial charge in [0, 0.05) is 33.3 Å². The van der Waals surface area contributed by atoms with Crippen molar-refractivity contribution in [2.45, 2.75) is 25.9 Å². The third-order valence-electron chi connectivity index (χ3n) is 4.26. The number of benzene rings is 2. The summed E-state index contributed by atoms with van der Waals surface area (Å²) in [6, 6.07) is 16.4. The first kappa shape index (κ1) is 21.9. The highest BCUT2D eigenvalue weighted by molar-refractivity contribution is 5.81. The van der Waals surface area contributed by atoms with E-state index in [9.17, 15) is 14.4 Å². The molecule has 2 aromatic rings. The first-order chi connectivity index (χ1) is 13.8. The number of hydrogen-bond donors (Lipinski definition) is 2. The molecule has 7 heteroatoms. The van der Waals surface area contributed by atoms with Crippen LogP contribution in [-0.4, -0.2) is 38.5 Å². The van der Waals surface area contributed by atoms with E-state index >= 15 is 0 Å². The fourth-order valence-electron chi connectivity index (χ4n) is 2.72. The summed E-state index contributed by atoms with van der Waals surface area (Å²) in [6.07, 6.45) is -0.0527. The van der Waals surface area contributed by atoms with Crippen LogP contribution in [0.15, 0.2) is 54.6 Å². The van der Waals surface area contributed by atoms with Crippen molar-refractivity contribution in [1.29, 1.82) is 0 Å². The SMILES string of the molecule is CC(=O)N[C@H](CC(=O)OCC(=O)NCc1ccc(N(C)C)cc1)c1ccccc1. The molecular weight excluding hydrogens is 370 g/mol. The van der Waals surface area contributed by atoms with E-state index in [4.69, 9.17) is 4.74 Å². The monoisotopic (exact) mass is 397 g/mol. The summed E-state index contributed by atoms with van der Waals surface area (Å²) < 4.78 is 5.07. The molecule has 2 N–H and O–H groups in total. The Labute approximate surface area is 171 Å². The van der Waals surface area contributed by atoms with Crippen LogP contribution in [0.3, 0.4) is 0 Å². The van der Waals surface area contributed by atoms with E-state index in [-0.39, 0.29) is 24.8 Å². The van der Waals surface area contributed by atoms with E-state index in [0.29, 0.717) is 6.54 Å². The molecule has 1 atom stereocenters. The van der Waals surface area contributed by atoms with Crippen molar-refractivity contribution in [3.63, 3.8) is 0 Å². The first-order valence-electron chi connectivity index (χ1n) is 9.36. The van der Waals surface area contributed by atoms with Crippen LogP contribution < -0.4 is 15.5 Å². The molecule has 0 radical (unpaired) electrons. The van der Waals surface area contributed by atoms with E-state index in [2.05, 4.69) is 10.6 Å². The Balaban J connectivity index is 1.79. The van der Waals surface area contributed by atoms with Crippen molar-refractivity contribution in [3.8, 4) is 0 Å². The summed E-state index contributed by atoms with van der Waals surface area (Å²) in [6.45, 7) is 1.37. The van der Waals surface area contributed by atoms with Crippen molar-refractivity contribution in [2.75, 3.05) is 25.6 Å². The van der Waals surface area contributed by atoms with Crippen molar-refractivity contribution >= 4 is 23.5 Å². The molecule has 0 saturated heterocycles. The number of amides is 2. The maximum atomic E-state index is 12.1. The molecule has 7 nitrogen and oxygen atoms in total. The van der Waals surface area contributed by atoms with Crippen LogP contribution in [-0.2, 0) is 25.7 Å². The highest BCUT2D eigenvalue weighted by Gasteiger charge is 2.18. The van der Waals surface area contributed by atoms with Gasteiger partial charge in [-0.25, -0.2) is 0 Å². The van der Waals surface area contributed by atoms with Crippen molar-refractivity contribution in [3.05, 3.63) is 65.7 Å². The summed E-state index contributed by atoms with van der Waals surface area (Å²) in [5, 5.41) is 5.45. The Hall–Kier alpha value is -3.35. The molecule has 2 aromatic carbocycles. The third-order valence-corrected chi connectivity index (χ3v) is 4.26. The number of hydrogen-bond acceptors (Lipinski definition) is 5. The number of ether oxygens (including phenoxy) is 1. The lowest BCUT2D eigenvalue weighted by Crippen LogP contribution is -2.31. The molecule has 0 saturated carbocycles. The second-order valence-corrected chi connectivity index (χ2v) is 6.87. The minimum atomic E-state index is -0.557. The van der Waals surface area contributed by atoms with Crippen molar-refractivity contribution < 1.29 is 19.1 Å². The maximum Gasteiger partial charge on any atom is 0.308 e. The van der Waals surface area contributed by atoms with Gasteiger partial charge in [-0.3, -0.25) is 14.4 Å². The number of nitrogens with one attached hydrogen (secondary N) is 2. The lowest BCUT2D eigenvalue weighted by atomic mass is 10.0. The summed E-state index contributed by atoms with van der Waals surface area (Å²) in [7, 11) is 3.92. The zero-order valence-electron chi connectivity index (χ0n) is 17.0. The van der Waals surface area contributed by atoms with Gasteiger partial charge in [-0.1, -0.05) is 42.5 Å². The Morgan fingerprint density at radius 2 is 1.66 bits per heavy atom. The molecular formula is C22H27N3O4.